The summed E-state index contributed by atoms with van der Waals surface area (Å²) in [7, 11) is 0. The lowest BCUT2D eigenvalue weighted by Gasteiger charge is -2.24. The molecule has 5 heteroatoms. The predicted molar refractivity (Wildman–Crippen MR) is 95.8 cm³/mol. The number of nitrogens with zero attached hydrogens (tertiary/aromatic N) is 3. The van der Waals surface area contributed by atoms with Gasteiger partial charge in [-0.2, -0.15) is 0 Å². The average molecular weight is 335 g/mol. The van der Waals surface area contributed by atoms with Crippen LogP contribution in [0.1, 0.15) is 41.9 Å². The van der Waals surface area contributed by atoms with Gasteiger partial charge in [0.25, 0.3) is 5.91 Å². The van der Waals surface area contributed by atoms with Crippen LogP contribution in [-0.2, 0) is 0 Å². The summed E-state index contributed by atoms with van der Waals surface area (Å²) in [5.74, 6) is 0.863. The van der Waals surface area contributed by atoms with E-state index in [2.05, 4.69) is 17.1 Å². The van der Waals surface area contributed by atoms with Crippen molar-refractivity contribution in [2.24, 2.45) is 0 Å². The Balaban J connectivity index is 1.58. The molecule has 1 unspecified atom stereocenters. The molecule has 1 aromatic carbocycles. The van der Waals surface area contributed by atoms with Crippen LogP contribution in [-0.4, -0.2) is 33.3 Å². The maximum Gasteiger partial charge on any atom is 0.274 e. The number of hydrogen-bond donors (Lipinski definition) is 0. The highest BCUT2D eigenvalue weighted by Crippen LogP contribution is 2.33. The summed E-state index contributed by atoms with van der Waals surface area (Å²) in [5, 5.41) is 0. The third kappa shape index (κ3) is 2.97. The van der Waals surface area contributed by atoms with E-state index in [0.29, 0.717) is 12.3 Å². The van der Waals surface area contributed by atoms with E-state index >= 15 is 0 Å². The first kappa shape index (κ1) is 15.7. The number of fused-ring (bicyclic) bond motifs is 1. The molecule has 1 aliphatic heterocycles. The third-order valence-electron chi connectivity index (χ3n) is 4.67. The zero-order valence-corrected chi connectivity index (χ0v) is 14.3. The number of benzene rings is 1. The highest BCUT2D eigenvalue weighted by Gasteiger charge is 2.31. The van der Waals surface area contributed by atoms with E-state index in [4.69, 9.17) is 4.74 Å². The molecule has 1 aliphatic rings. The van der Waals surface area contributed by atoms with E-state index in [1.54, 1.807) is 0 Å². The molecule has 2 aromatic heterocycles. The molecule has 25 heavy (non-hydrogen) atoms. The van der Waals surface area contributed by atoms with E-state index in [-0.39, 0.29) is 11.9 Å². The summed E-state index contributed by atoms with van der Waals surface area (Å²) < 4.78 is 7.39. The number of pyridine rings is 1. The minimum Gasteiger partial charge on any atom is -0.494 e. The lowest BCUT2D eigenvalue weighted by molar-refractivity contribution is 0.0730. The topological polar surface area (TPSA) is 46.8 Å². The van der Waals surface area contributed by atoms with Crippen molar-refractivity contribution >= 4 is 11.6 Å². The normalized spacial score (nSPS) is 17.2. The van der Waals surface area contributed by atoms with E-state index in [1.165, 1.54) is 0 Å². The van der Waals surface area contributed by atoms with Crippen molar-refractivity contribution in [1.29, 1.82) is 0 Å². The van der Waals surface area contributed by atoms with Gasteiger partial charge in [0.2, 0.25) is 0 Å². The van der Waals surface area contributed by atoms with Crippen LogP contribution in [0.4, 0.5) is 0 Å². The Labute approximate surface area is 146 Å². The summed E-state index contributed by atoms with van der Waals surface area (Å²) in [5.41, 5.74) is 2.45. The molecule has 128 valence electrons. The summed E-state index contributed by atoms with van der Waals surface area (Å²) in [4.78, 5) is 19.4. The van der Waals surface area contributed by atoms with Crippen LogP contribution in [0, 0.1) is 0 Å². The maximum atomic E-state index is 13.0. The SMILES string of the molecule is CCOc1ccc(C2CCCN2C(=O)c2cn3ccccc3n2)cc1. The summed E-state index contributed by atoms with van der Waals surface area (Å²) >= 11 is 0. The molecule has 0 N–H and O–H groups in total. The van der Waals surface area contributed by atoms with Gasteiger partial charge in [0.15, 0.2) is 0 Å². The molecular weight excluding hydrogens is 314 g/mol. The Morgan fingerprint density at radius 3 is 2.84 bits per heavy atom. The molecule has 0 saturated carbocycles. The van der Waals surface area contributed by atoms with Gasteiger partial charge >= 0.3 is 0 Å². The van der Waals surface area contributed by atoms with Gasteiger partial charge in [-0.1, -0.05) is 18.2 Å². The van der Waals surface area contributed by atoms with Crippen LogP contribution < -0.4 is 4.74 Å². The lowest BCUT2D eigenvalue weighted by atomic mass is 10.0. The second-order valence-electron chi connectivity index (χ2n) is 6.25. The van der Waals surface area contributed by atoms with Crippen LogP contribution in [0.2, 0.25) is 0 Å². The van der Waals surface area contributed by atoms with Gasteiger partial charge in [-0.3, -0.25) is 4.79 Å². The lowest BCUT2D eigenvalue weighted by Crippen LogP contribution is -2.30. The van der Waals surface area contributed by atoms with E-state index in [1.807, 2.05) is 58.9 Å². The highest BCUT2D eigenvalue weighted by molar-refractivity contribution is 5.93. The number of hydrogen-bond acceptors (Lipinski definition) is 3. The molecule has 3 heterocycles. The van der Waals surface area contributed by atoms with Crippen molar-refractivity contribution in [3.05, 3.63) is 66.1 Å². The van der Waals surface area contributed by atoms with Crippen molar-refractivity contribution in [1.82, 2.24) is 14.3 Å². The van der Waals surface area contributed by atoms with Crippen LogP contribution in [0.25, 0.3) is 5.65 Å². The van der Waals surface area contributed by atoms with Gasteiger partial charge in [-0.15, -0.1) is 0 Å². The van der Waals surface area contributed by atoms with E-state index in [0.717, 1.165) is 36.3 Å². The van der Waals surface area contributed by atoms with Gasteiger partial charge in [0, 0.05) is 18.9 Å². The fourth-order valence-corrected chi connectivity index (χ4v) is 3.49. The first-order valence-corrected chi connectivity index (χ1v) is 8.73. The second-order valence-corrected chi connectivity index (χ2v) is 6.25. The number of amides is 1. The van der Waals surface area contributed by atoms with Crippen molar-refractivity contribution in [2.75, 3.05) is 13.2 Å². The number of carbonyl (C=O) groups excluding carboxylic acids is 1. The fraction of sp³-hybridized carbons (Fsp3) is 0.300. The van der Waals surface area contributed by atoms with Crippen LogP contribution in [0.3, 0.4) is 0 Å². The number of ether oxygens (including phenoxy) is 1. The molecule has 5 nitrogen and oxygen atoms in total. The molecule has 3 aromatic rings. The highest BCUT2D eigenvalue weighted by atomic mass is 16.5. The first-order chi connectivity index (χ1) is 12.3. The molecule has 0 spiro atoms. The number of imidazole rings is 1. The van der Waals surface area contributed by atoms with Crippen molar-refractivity contribution in [2.45, 2.75) is 25.8 Å². The second kappa shape index (κ2) is 6.59. The zero-order valence-electron chi connectivity index (χ0n) is 14.3. The van der Waals surface area contributed by atoms with Gasteiger partial charge < -0.3 is 14.0 Å². The smallest absolute Gasteiger partial charge is 0.274 e. The molecule has 1 fully saturated rings. The average Bonchev–Trinajstić information content (AvgIpc) is 3.29. The molecule has 0 bridgehead atoms. The third-order valence-corrected chi connectivity index (χ3v) is 4.67. The van der Waals surface area contributed by atoms with Gasteiger partial charge in [0.05, 0.1) is 12.6 Å². The van der Waals surface area contributed by atoms with Crippen molar-refractivity contribution in [3.63, 3.8) is 0 Å². The molecule has 1 amide bonds. The Morgan fingerprint density at radius 2 is 2.08 bits per heavy atom. The largest absolute Gasteiger partial charge is 0.494 e. The van der Waals surface area contributed by atoms with Crippen molar-refractivity contribution < 1.29 is 9.53 Å². The Hall–Kier alpha value is -2.82. The summed E-state index contributed by atoms with van der Waals surface area (Å²) in [6, 6.07) is 13.9. The minimum atomic E-state index is 0.0000784. The Bertz CT molecular complexity index is 852. The molecule has 0 aliphatic carbocycles. The number of aromatic nitrogens is 2. The quantitative estimate of drug-likeness (QED) is 0.730. The molecule has 0 radical (unpaired) electrons. The number of rotatable bonds is 4. The standard InChI is InChI=1S/C20H21N3O2/c1-2-25-16-10-8-15(9-11-16)18-6-5-13-23(18)20(24)17-14-22-12-4-3-7-19(22)21-17/h3-4,7-12,14,18H,2,5-6,13H2,1H3. The van der Waals surface area contributed by atoms with E-state index < -0.39 is 0 Å². The Morgan fingerprint density at radius 1 is 1.24 bits per heavy atom. The van der Waals surface area contributed by atoms with Gasteiger partial charge in [-0.05, 0) is 49.6 Å². The minimum absolute atomic E-state index is 0.0000784. The summed E-state index contributed by atoms with van der Waals surface area (Å²) in [6.07, 6.45) is 5.71. The molecule has 1 saturated heterocycles. The first-order valence-electron chi connectivity index (χ1n) is 8.73. The Kier molecular flexibility index (Phi) is 4.14. The zero-order chi connectivity index (χ0) is 17.2. The van der Waals surface area contributed by atoms with Crippen LogP contribution in [0.5, 0.6) is 5.75 Å². The van der Waals surface area contributed by atoms with Gasteiger partial charge in [-0.25, -0.2) is 4.98 Å². The maximum absolute atomic E-state index is 13.0. The van der Waals surface area contributed by atoms with Crippen LogP contribution in [0.15, 0.2) is 54.9 Å². The van der Waals surface area contributed by atoms with Gasteiger partial charge in [0.1, 0.15) is 17.1 Å². The summed E-state index contributed by atoms with van der Waals surface area (Å²) in [6.45, 7) is 3.39. The van der Waals surface area contributed by atoms with Crippen LogP contribution >= 0.6 is 0 Å². The molecule has 4 rings (SSSR count). The van der Waals surface area contributed by atoms with E-state index in [9.17, 15) is 4.79 Å². The van der Waals surface area contributed by atoms with Crippen molar-refractivity contribution in [3.8, 4) is 5.75 Å². The predicted octanol–water partition coefficient (Wildman–Crippen LogP) is 3.71. The molecular formula is C20H21N3O2. The monoisotopic (exact) mass is 335 g/mol. The number of carbonyl (C=O) groups is 1. The number of likely N-dealkylation sites (tertiary alicyclic amines) is 1. The molecule has 1 atom stereocenters. The fourth-order valence-electron chi connectivity index (χ4n) is 3.49.